The van der Waals surface area contributed by atoms with Crippen molar-refractivity contribution in [3.05, 3.63) is 83.7 Å². The summed E-state index contributed by atoms with van der Waals surface area (Å²) in [5, 5.41) is 30.6. The first kappa shape index (κ1) is 24.0. The van der Waals surface area contributed by atoms with E-state index in [-0.39, 0.29) is 38.7 Å². The number of halogens is 1. The number of aliphatic hydroxyl groups excluding tert-OH is 2. The smallest absolute Gasteiger partial charge is 0.147 e. The normalized spacial score (nSPS) is 26.3. The van der Waals surface area contributed by atoms with Crippen molar-refractivity contribution in [1.82, 2.24) is 0 Å². The molecular formula is C24H26FNO6. The van der Waals surface area contributed by atoms with Crippen LogP contribution in [0, 0.1) is 16.7 Å². The van der Waals surface area contributed by atoms with Crippen LogP contribution in [0.3, 0.4) is 0 Å². The topological polar surface area (TPSA) is 101 Å². The van der Waals surface area contributed by atoms with E-state index < -0.39 is 23.7 Å². The van der Waals surface area contributed by atoms with Crippen LogP contribution in [-0.2, 0) is 32.2 Å². The van der Waals surface area contributed by atoms with Gasteiger partial charge in [0.15, 0.2) is 0 Å². The van der Waals surface area contributed by atoms with Crippen molar-refractivity contribution < 1.29 is 33.6 Å². The maximum absolute atomic E-state index is 13.6. The van der Waals surface area contributed by atoms with Gasteiger partial charge in [-0.2, -0.15) is 5.26 Å². The van der Waals surface area contributed by atoms with Crippen molar-refractivity contribution >= 4 is 0 Å². The van der Waals surface area contributed by atoms with Crippen molar-refractivity contribution in [2.45, 2.75) is 31.5 Å². The number of rotatable bonds is 11. The molecule has 7 nitrogen and oxygen atoms in total. The molecule has 0 aromatic heterocycles. The molecule has 1 aliphatic rings. The number of nitrogens with zero attached hydrogens (tertiary/aromatic N) is 1. The van der Waals surface area contributed by atoms with Crippen LogP contribution in [0.1, 0.15) is 11.1 Å². The average molecular weight is 443 g/mol. The first-order valence-electron chi connectivity index (χ1n) is 10.1. The zero-order chi connectivity index (χ0) is 22.8. The van der Waals surface area contributed by atoms with E-state index in [0.717, 1.165) is 11.1 Å². The fraction of sp³-hybridized carbons (Fsp3) is 0.375. The highest BCUT2D eigenvalue weighted by atomic mass is 19.1. The van der Waals surface area contributed by atoms with Crippen LogP contribution in [0.15, 0.2) is 72.6 Å². The molecule has 1 fully saturated rings. The summed E-state index contributed by atoms with van der Waals surface area (Å²) in [6, 6.07) is 20.8. The lowest BCUT2D eigenvalue weighted by atomic mass is 9.83. The molecule has 1 saturated carbocycles. The summed E-state index contributed by atoms with van der Waals surface area (Å²) in [7, 11) is 0. The fourth-order valence-corrected chi connectivity index (χ4v) is 3.65. The van der Waals surface area contributed by atoms with Crippen LogP contribution >= 0.6 is 0 Å². The second-order valence-corrected chi connectivity index (χ2v) is 7.42. The van der Waals surface area contributed by atoms with Crippen molar-refractivity contribution in [1.29, 1.82) is 5.26 Å². The quantitative estimate of drug-likeness (QED) is 0.407. The van der Waals surface area contributed by atoms with Crippen molar-refractivity contribution in [2.24, 2.45) is 5.41 Å². The van der Waals surface area contributed by atoms with Crippen LogP contribution in [0.25, 0.3) is 0 Å². The Kier molecular flexibility index (Phi) is 8.88. The molecule has 0 radical (unpaired) electrons. The standard InChI is InChI=1S/C24H26FNO6/c25-11-20-21(27)22(28)23(32-17-30-13-19-9-5-2-6-10-19)24(20,14-26)15-31-16-29-12-18-7-3-1-4-8-18/h1-11,21-23,27-28H,12-13,15-17H2/b20-11-/t21-,22-,23-,24-/m0/s1. The molecule has 0 unspecified atom stereocenters. The average Bonchev–Trinajstić information content (AvgIpc) is 3.03. The molecule has 3 rings (SSSR count). The molecule has 170 valence electrons. The summed E-state index contributed by atoms with van der Waals surface area (Å²) in [6.45, 7) is -0.226. The minimum Gasteiger partial charge on any atom is -0.387 e. The number of benzene rings is 2. The maximum atomic E-state index is 13.6. The van der Waals surface area contributed by atoms with E-state index in [1.54, 1.807) is 0 Å². The van der Waals surface area contributed by atoms with Crippen molar-refractivity contribution in [3.63, 3.8) is 0 Å². The largest absolute Gasteiger partial charge is 0.387 e. The summed E-state index contributed by atoms with van der Waals surface area (Å²) >= 11 is 0. The second kappa shape index (κ2) is 11.8. The van der Waals surface area contributed by atoms with Crippen LogP contribution in [0.5, 0.6) is 0 Å². The molecule has 0 aliphatic heterocycles. The van der Waals surface area contributed by atoms with Gasteiger partial charge in [-0.15, -0.1) is 0 Å². The van der Waals surface area contributed by atoms with E-state index in [1.165, 1.54) is 0 Å². The van der Waals surface area contributed by atoms with Crippen LogP contribution in [-0.4, -0.2) is 48.7 Å². The number of hydrogen-bond donors (Lipinski definition) is 2. The Bertz CT molecular complexity index is 904. The van der Waals surface area contributed by atoms with E-state index in [1.807, 2.05) is 66.7 Å². The Morgan fingerprint density at radius 1 is 0.906 bits per heavy atom. The summed E-state index contributed by atoms with van der Waals surface area (Å²) in [5.74, 6) is 0. The first-order valence-corrected chi connectivity index (χ1v) is 10.1. The van der Waals surface area contributed by atoms with Gasteiger partial charge in [-0.05, 0) is 11.1 Å². The minimum atomic E-state index is -1.74. The van der Waals surface area contributed by atoms with Crippen LogP contribution in [0.2, 0.25) is 0 Å². The molecule has 4 atom stereocenters. The predicted molar refractivity (Wildman–Crippen MR) is 112 cm³/mol. The van der Waals surface area contributed by atoms with Gasteiger partial charge in [-0.3, -0.25) is 0 Å². The highest BCUT2D eigenvalue weighted by Crippen LogP contribution is 2.45. The molecule has 0 heterocycles. The third kappa shape index (κ3) is 5.58. The molecule has 8 heteroatoms. The Labute approximate surface area is 186 Å². The summed E-state index contributed by atoms with van der Waals surface area (Å²) < 4.78 is 35.6. The van der Waals surface area contributed by atoms with Gasteiger partial charge in [-0.1, -0.05) is 60.7 Å². The van der Waals surface area contributed by atoms with Crippen LogP contribution < -0.4 is 0 Å². The zero-order valence-electron chi connectivity index (χ0n) is 17.5. The van der Waals surface area contributed by atoms with E-state index >= 15 is 0 Å². The molecule has 0 bridgehead atoms. The summed E-state index contributed by atoms with van der Waals surface area (Å²) in [6.07, 6.45) is -4.26. The maximum Gasteiger partial charge on any atom is 0.147 e. The van der Waals surface area contributed by atoms with Crippen molar-refractivity contribution in [2.75, 3.05) is 20.2 Å². The Balaban J connectivity index is 1.58. The summed E-state index contributed by atoms with van der Waals surface area (Å²) in [4.78, 5) is 0. The highest BCUT2D eigenvalue weighted by molar-refractivity contribution is 5.36. The molecule has 1 aliphatic carbocycles. The lowest BCUT2D eigenvalue weighted by Crippen LogP contribution is -2.42. The number of aliphatic hydroxyl groups is 2. The zero-order valence-corrected chi connectivity index (χ0v) is 17.5. The second-order valence-electron chi connectivity index (χ2n) is 7.42. The predicted octanol–water partition coefficient (Wildman–Crippen LogP) is 2.84. The molecule has 0 amide bonds. The molecule has 2 aromatic rings. The first-order chi connectivity index (χ1) is 15.6. The van der Waals surface area contributed by atoms with Gasteiger partial charge in [0.2, 0.25) is 0 Å². The summed E-state index contributed by atoms with van der Waals surface area (Å²) in [5.41, 5.74) is -0.180. The monoisotopic (exact) mass is 443 g/mol. The SMILES string of the molecule is N#C[C@]1(COCOCc2ccccc2)/C(=C\F)[C@H](O)[C@H](O)[C@@H]1OCOCc1ccccc1. The molecule has 0 saturated heterocycles. The van der Waals surface area contributed by atoms with Crippen LogP contribution in [0.4, 0.5) is 4.39 Å². The van der Waals surface area contributed by atoms with Gasteiger partial charge >= 0.3 is 0 Å². The van der Waals surface area contributed by atoms with E-state index in [4.69, 9.17) is 18.9 Å². The fourth-order valence-electron chi connectivity index (χ4n) is 3.65. The van der Waals surface area contributed by atoms with Gasteiger partial charge in [0.05, 0.1) is 32.2 Å². The molecule has 32 heavy (non-hydrogen) atoms. The Morgan fingerprint density at radius 3 is 2.00 bits per heavy atom. The van der Waals surface area contributed by atoms with Gasteiger partial charge in [0, 0.05) is 5.57 Å². The van der Waals surface area contributed by atoms with Crippen molar-refractivity contribution in [3.8, 4) is 6.07 Å². The molecule has 0 spiro atoms. The molecular weight excluding hydrogens is 417 g/mol. The lowest BCUT2D eigenvalue weighted by molar-refractivity contribution is -0.162. The van der Waals surface area contributed by atoms with Gasteiger partial charge in [0.1, 0.15) is 37.3 Å². The van der Waals surface area contributed by atoms with Gasteiger partial charge in [-0.25, -0.2) is 4.39 Å². The third-order valence-corrected chi connectivity index (χ3v) is 5.32. The molecule has 2 aromatic carbocycles. The van der Waals surface area contributed by atoms with E-state index in [2.05, 4.69) is 0 Å². The van der Waals surface area contributed by atoms with E-state index in [0.29, 0.717) is 6.61 Å². The Hall–Kier alpha value is -2.64. The molecule has 2 N–H and O–H groups in total. The number of nitriles is 1. The lowest BCUT2D eigenvalue weighted by Gasteiger charge is -2.29. The minimum absolute atomic E-state index is 0.124. The number of ether oxygens (including phenoxy) is 4. The number of hydrogen-bond acceptors (Lipinski definition) is 7. The van der Waals surface area contributed by atoms with Gasteiger partial charge < -0.3 is 29.2 Å². The highest BCUT2D eigenvalue weighted by Gasteiger charge is 2.59. The Morgan fingerprint density at radius 2 is 1.47 bits per heavy atom. The third-order valence-electron chi connectivity index (χ3n) is 5.32. The van der Waals surface area contributed by atoms with Gasteiger partial charge in [0.25, 0.3) is 0 Å². The van der Waals surface area contributed by atoms with E-state index in [9.17, 15) is 19.9 Å².